The van der Waals surface area contributed by atoms with Crippen molar-refractivity contribution in [3.05, 3.63) is 65.4 Å². The van der Waals surface area contributed by atoms with Gasteiger partial charge in [-0.05, 0) is 49.7 Å². The number of carboxylic acid groups (broad SMARTS) is 1. The third-order valence-corrected chi connectivity index (χ3v) is 3.49. The molecule has 0 unspecified atom stereocenters. The van der Waals surface area contributed by atoms with Gasteiger partial charge in [-0.3, -0.25) is 4.98 Å². The fraction of sp³-hybridized carbons (Fsp3) is 0.111. The number of aryl methyl sites for hydroxylation is 2. The Labute approximate surface area is 128 Å². The number of aromatic nitrogens is 1. The molecule has 4 nitrogen and oxygen atoms in total. The van der Waals surface area contributed by atoms with Gasteiger partial charge >= 0.3 is 0 Å². The van der Waals surface area contributed by atoms with Gasteiger partial charge in [-0.2, -0.15) is 0 Å². The average molecular weight is 291 g/mol. The lowest BCUT2D eigenvalue weighted by atomic mass is 10.1. The summed E-state index contributed by atoms with van der Waals surface area (Å²) in [4.78, 5) is 15.3. The van der Waals surface area contributed by atoms with Crippen LogP contribution in [-0.2, 0) is 0 Å². The normalized spacial score (nSPS) is 10.6. The number of anilines is 2. The molecule has 4 heteroatoms. The largest absolute Gasteiger partial charge is 0.545 e. The summed E-state index contributed by atoms with van der Waals surface area (Å²) in [5, 5.41) is 15.2. The molecule has 0 fully saturated rings. The van der Waals surface area contributed by atoms with Gasteiger partial charge in [0.2, 0.25) is 0 Å². The van der Waals surface area contributed by atoms with E-state index in [2.05, 4.69) is 16.4 Å². The fourth-order valence-corrected chi connectivity index (χ4v) is 2.42. The Bertz CT molecular complexity index is 855. The van der Waals surface area contributed by atoms with Crippen LogP contribution < -0.4 is 10.4 Å². The van der Waals surface area contributed by atoms with Gasteiger partial charge in [-0.25, -0.2) is 0 Å². The predicted molar refractivity (Wildman–Crippen MR) is 85.3 cm³/mol. The summed E-state index contributed by atoms with van der Waals surface area (Å²) in [5.74, 6) is -1.17. The number of hydrogen-bond donors (Lipinski definition) is 1. The molecule has 0 bridgehead atoms. The van der Waals surface area contributed by atoms with Crippen LogP contribution in [0, 0.1) is 13.8 Å². The standard InChI is InChI=1S/C18H16N2O2/c1-11-3-8-16-15(9-11)17(10-12(2)19-16)20-14-6-4-13(5-7-14)18(21)22/h3-10H,1-2H3,(H,19,20)(H,21,22)/p-1. The van der Waals surface area contributed by atoms with Crippen LogP contribution in [0.5, 0.6) is 0 Å². The summed E-state index contributed by atoms with van der Waals surface area (Å²) in [6, 6.07) is 14.6. The molecule has 0 amide bonds. The number of hydrogen-bond acceptors (Lipinski definition) is 4. The number of benzene rings is 2. The van der Waals surface area contributed by atoms with Crippen molar-refractivity contribution < 1.29 is 9.90 Å². The number of aromatic carboxylic acids is 1. The molecule has 22 heavy (non-hydrogen) atoms. The highest BCUT2D eigenvalue weighted by Crippen LogP contribution is 2.27. The Morgan fingerprint density at radius 1 is 1.05 bits per heavy atom. The Kier molecular flexibility index (Phi) is 3.51. The molecule has 3 rings (SSSR count). The lowest BCUT2D eigenvalue weighted by Crippen LogP contribution is -2.21. The molecule has 0 atom stereocenters. The molecule has 0 saturated carbocycles. The van der Waals surface area contributed by atoms with E-state index in [9.17, 15) is 9.90 Å². The molecule has 1 N–H and O–H groups in total. The minimum atomic E-state index is -1.17. The van der Waals surface area contributed by atoms with E-state index in [0.717, 1.165) is 33.5 Å². The predicted octanol–water partition coefficient (Wildman–Crippen LogP) is 2.96. The van der Waals surface area contributed by atoms with Crippen molar-refractivity contribution >= 4 is 28.2 Å². The van der Waals surface area contributed by atoms with Crippen LogP contribution in [0.25, 0.3) is 10.9 Å². The second-order valence-corrected chi connectivity index (χ2v) is 5.32. The molecule has 0 spiro atoms. The molecule has 0 aliphatic carbocycles. The minimum absolute atomic E-state index is 0.164. The Morgan fingerprint density at radius 2 is 1.77 bits per heavy atom. The Balaban J connectivity index is 2.02. The van der Waals surface area contributed by atoms with Crippen LogP contribution in [0.4, 0.5) is 11.4 Å². The average Bonchev–Trinajstić information content (AvgIpc) is 2.48. The first-order valence-electron chi connectivity index (χ1n) is 6.99. The van der Waals surface area contributed by atoms with Crippen molar-refractivity contribution in [2.24, 2.45) is 0 Å². The number of pyridine rings is 1. The van der Waals surface area contributed by atoms with Gasteiger partial charge in [0.25, 0.3) is 0 Å². The zero-order chi connectivity index (χ0) is 15.7. The van der Waals surface area contributed by atoms with Crippen molar-refractivity contribution in [2.75, 3.05) is 5.32 Å². The molecule has 1 aromatic heterocycles. The fourth-order valence-electron chi connectivity index (χ4n) is 2.42. The summed E-state index contributed by atoms with van der Waals surface area (Å²) in [6.07, 6.45) is 0. The highest BCUT2D eigenvalue weighted by Gasteiger charge is 2.05. The van der Waals surface area contributed by atoms with Crippen LogP contribution in [0.1, 0.15) is 21.6 Å². The summed E-state index contributed by atoms with van der Waals surface area (Å²) in [6.45, 7) is 3.99. The van der Waals surface area contributed by atoms with Crippen LogP contribution in [0.15, 0.2) is 48.5 Å². The molecule has 0 saturated heterocycles. The molecule has 0 aliphatic heterocycles. The van der Waals surface area contributed by atoms with E-state index in [1.807, 2.05) is 32.0 Å². The number of carboxylic acids is 1. The van der Waals surface area contributed by atoms with Crippen LogP contribution >= 0.6 is 0 Å². The minimum Gasteiger partial charge on any atom is -0.545 e. The van der Waals surface area contributed by atoms with Crippen LogP contribution in [0.2, 0.25) is 0 Å². The van der Waals surface area contributed by atoms with E-state index in [1.165, 1.54) is 12.1 Å². The highest BCUT2D eigenvalue weighted by atomic mass is 16.4. The van der Waals surface area contributed by atoms with Gasteiger partial charge in [0, 0.05) is 22.5 Å². The topological polar surface area (TPSA) is 65.0 Å². The monoisotopic (exact) mass is 291 g/mol. The van der Waals surface area contributed by atoms with Gasteiger partial charge in [-0.15, -0.1) is 0 Å². The van der Waals surface area contributed by atoms with E-state index in [1.54, 1.807) is 12.1 Å². The van der Waals surface area contributed by atoms with Gasteiger partial charge in [0.1, 0.15) is 0 Å². The van der Waals surface area contributed by atoms with Crippen molar-refractivity contribution in [1.29, 1.82) is 0 Å². The second kappa shape index (κ2) is 5.48. The molecule has 1 heterocycles. The number of carbonyl (C=O) groups is 1. The highest BCUT2D eigenvalue weighted by molar-refractivity contribution is 5.94. The lowest BCUT2D eigenvalue weighted by Gasteiger charge is -2.12. The number of fused-ring (bicyclic) bond motifs is 1. The quantitative estimate of drug-likeness (QED) is 0.805. The van der Waals surface area contributed by atoms with Crippen molar-refractivity contribution in [3.8, 4) is 0 Å². The first-order valence-corrected chi connectivity index (χ1v) is 6.99. The second-order valence-electron chi connectivity index (χ2n) is 5.32. The molecule has 110 valence electrons. The molecule has 3 aromatic rings. The van der Waals surface area contributed by atoms with Crippen molar-refractivity contribution in [2.45, 2.75) is 13.8 Å². The van der Waals surface area contributed by atoms with E-state index in [0.29, 0.717) is 0 Å². The SMILES string of the molecule is Cc1ccc2nc(C)cc(Nc3ccc(C(=O)[O-])cc3)c2c1. The van der Waals surface area contributed by atoms with Gasteiger partial charge in [0.15, 0.2) is 0 Å². The number of nitrogens with one attached hydrogen (secondary N) is 1. The van der Waals surface area contributed by atoms with Crippen molar-refractivity contribution in [3.63, 3.8) is 0 Å². The lowest BCUT2D eigenvalue weighted by molar-refractivity contribution is -0.255. The maximum Gasteiger partial charge on any atom is 0.0726 e. The van der Waals surface area contributed by atoms with E-state index >= 15 is 0 Å². The summed E-state index contributed by atoms with van der Waals surface area (Å²) in [5.41, 5.74) is 4.95. The van der Waals surface area contributed by atoms with Gasteiger partial charge in [-0.1, -0.05) is 23.8 Å². The van der Waals surface area contributed by atoms with Gasteiger partial charge in [0.05, 0.1) is 11.5 Å². The third-order valence-electron chi connectivity index (χ3n) is 3.49. The first kappa shape index (κ1) is 14.1. The van der Waals surface area contributed by atoms with E-state index in [-0.39, 0.29) is 5.56 Å². The zero-order valence-electron chi connectivity index (χ0n) is 12.4. The number of rotatable bonds is 3. The van der Waals surface area contributed by atoms with Crippen LogP contribution in [-0.4, -0.2) is 11.0 Å². The van der Waals surface area contributed by atoms with Crippen LogP contribution in [0.3, 0.4) is 0 Å². The molecule has 2 aromatic carbocycles. The summed E-state index contributed by atoms with van der Waals surface area (Å²) >= 11 is 0. The number of nitrogens with zero attached hydrogens (tertiary/aromatic N) is 1. The van der Waals surface area contributed by atoms with Gasteiger partial charge < -0.3 is 15.2 Å². The maximum atomic E-state index is 10.8. The Morgan fingerprint density at radius 3 is 2.45 bits per heavy atom. The summed E-state index contributed by atoms with van der Waals surface area (Å²) in [7, 11) is 0. The van der Waals surface area contributed by atoms with E-state index in [4.69, 9.17) is 0 Å². The smallest absolute Gasteiger partial charge is 0.0726 e. The maximum absolute atomic E-state index is 10.8. The zero-order valence-corrected chi connectivity index (χ0v) is 12.4. The third kappa shape index (κ3) is 2.76. The van der Waals surface area contributed by atoms with Crippen molar-refractivity contribution in [1.82, 2.24) is 4.98 Å². The number of carbonyl (C=O) groups excluding carboxylic acids is 1. The molecular weight excluding hydrogens is 276 g/mol. The molecule has 0 radical (unpaired) electrons. The molecule has 0 aliphatic rings. The molecular formula is C18H15N2O2-. The van der Waals surface area contributed by atoms with E-state index < -0.39 is 5.97 Å². The summed E-state index contributed by atoms with van der Waals surface area (Å²) < 4.78 is 0. The Hall–Kier alpha value is -2.88. The first-order chi connectivity index (χ1) is 10.5.